The summed E-state index contributed by atoms with van der Waals surface area (Å²) in [6.07, 6.45) is 0. The number of nitrogens with one attached hydrogen (secondary N) is 1. The Balaban J connectivity index is 2.26. The van der Waals surface area contributed by atoms with Crippen molar-refractivity contribution in [1.82, 2.24) is 0 Å². The van der Waals surface area contributed by atoms with Gasteiger partial charge < -0.3 is 11.1 Å². The van der Waals surface area contributed by atoms with Gasteiger partial charge in [0.2, 0.25) is 0 Å². The van der Waals surface area contributed by atoms with Gasteiger partial charge in [0.1, 0.15) is 0 Å². The Morgan fingerprint density at radius 2 is 1.74 bits per heavy atom. The lowest BCUT2D eigenvalue weighted by atomic mass is 10.1. The van der Waals surface area contributed by atoms with E-state index < -0.39 is 11.6 Å². The number of rotatable bonds is 3. The highest BCUT2D eigenvalue weighted by Crippen LogP contribution is 2.29. The largest absolute Gasteiger partial charge is 0.397 e. The molecule has 0 saturated carbocycles. The van der Waals surface area contributed by atoms with Crippen LogP contribution in [0.3, 0.4) is 0 Å². The van der Waals surface area contributed by atoms with Crippen LogP contribution in [0.4, 0.5) is 20.2 Å². The second kappa shape index (κ2) is 5.57. The van der Waals surface area contributed by atoms with E-state index in [0.717, 1.165) is 16.1 Å². The molecule has 0 aliphatic carbocycles. The number of nitrogens with two attached hydrogens (primary N) is 1. The van der Waals surface area contributed by atoms with Crippen LogP contribution in [0.15, 0.2) is 40.9 Å². The lowest BCUT2D eigenvalue weighted by molar-refractivity contribution is 0.510. The van der Waals surface area contributed by atoms with Crippen molar-refractivity contribution < 1.29 is 8.78 Å². The van der Waals surface area contributed by atoms with E-state index in [0.29, 0.717) is 0 Å². The van der Waals surface area contributed by atoms with Crippen LogP contribution in [0.5, 0.6) is 0 Å². The molecule has 0 saturated heterocycles. The van der Waals surface area contributed by atoms with Gasteiger partial charge >= 0.3 is 0 Å². The molecule has 0 radical (unpaired) electrons. The first-order valence-corrected chi connectivity index (χ1v) is 6.54. The molecule has 2 aromatic rings. The highest BCUT2D eigenvalue weighted by atomic mass is 79.9. The Morgan fingerprint density at radius 3 is 2.37 bits per heavy atom. The van der Waals surface area contributed by atoms with Crippen molar-refractivity contribution in [2.45, 2.75) is 13.0 Å². The van der Waals surface area contributed by atoms with Crippen molar-refractivity contribution in [2.75, 3.05) is 11.1 Å². The van der Waals surface area contributed by atoms with E-state index in [1.54, 1.807) is 0 Å². The maximum absolute atomic E-state index is 13.7. The molecule has 2 aromatic carbocycles. The van der Waals surface area contributed by atoms with Crippen LogP contribution in [0, 0.1) is 11.6 Å². The Kier molecular flexibility index (Phi) is 4.04. The maximum Gasteiger partial charge on any atom is 0.183 e. The number of anilines is 2. The standard InChI is InChI=1S/C14H13BrF2N2/c1-8(9-2-4-10(15)5-3-9)19-14-12(18)7-6-11(16)13(14)17/h2-8,19H,18H2,1H3. The Morgan fingerprint density at radius 1 is 1.11 bits per heavy atom. The molecule has 1 atom stereocenters. The van der Waals surface area contributed by atoms with Crippen LogP contribution >= 0.6 is 15.9 Å². The number of benzene rings is 2. The number of hydrogen-bond acceptors (Lipinski definition) is 2. The zero-order valence-electron chi connectivity index (χ0n) is 10.3. The van der Waals surface area contributed by atoms with Gasteiger partial charge in [-0.3, -0.25) is 0 Å². The molecule has 100 valence electrons. The second-order valence-corrected chi connectivity index (χ2v) is 5.16. The van der Waals surface area contributed by atoms with Gasteiger partial charge in [-0.2, -0.15) is 0 Å². The lowest BCUT2D eigenvalue weighted by Gasteiger charge is -2.18. The molecule has 5 heteroatoms. The van der Waals surface area contributed by atoms with Crippen LogP contribution in [0.1, 0.15) is 18.5 Å². The summed E-state index contributed by atoms with van der Waals surface area (Å²) in [5.41, 5.74) is 6.79. The van der Waals surface area contributed by atoms with Gasteiger partial charge in [-0.1, -0.05) is 28.1 Å². The summed E-state index contributed by atoms with van der Waals surface area (Å²) in [6, 6.07) is 9.74. The summed E-state index contributed by atoms with van der Waals surface area (Å²) in [7, 11) is 0. The van der Waals surface area contributed by atoms with E-state index in [9.17, 15) is 8.78 Å². The summed E-state index contributed by atoms with van der Waals surface area (Å²) in [6.45, 7) is 1.85. The van der Waals surface area contributed by atoms with Crippen LogP contribution in [0.25, 0.3) is 0 Å². The van der Waals surface area contributed by atoms with Crippen LogP contribution in [-0.4, -0.2) is 0 Å². The third-order valence-electron chi connectivity index (χ3n) is 2.86. The molecule has 2 rings (SSSR count). The monoisotopic (exact) mass is 326 g/mol. The molecule has 1 unspecified atom stereocenters. The minimum absolute atomic E-state index is 0.00424. The van der Waals surface area contributed by atoms with E-state index >= 15 is 0 Å². The highest BCUT2D eigenvalue weighted by Gasteiger charge is 2.14. The minimum Gasteiger partial charge on any atom is -0.397 e. The average molecular weight is 327 g/mol. The summed E-state index contributed by atoms with van der Waals surface area (Å²) in [4.78, 5) is 0. The predicted octanol–water partition coefficient (Wildman–Crippen LogP) is 4.48. The molecule has 0 aliphatic rings. The number of nitrogen functional groups attached to an aromatic ring is 1. The van der Waals surface area contributed by atoms with Crippen molar-refractivity contribution in [3.8, 4) is 0 Å². The van der Waals surface area contributed by atoms with E-state index in [1.807, 2.05) is 31.2 Å². The molecular weight excluding hydrogens is 314 g/mol. The predicted molar refractivity (Wildman–Crippen MR) is 77.0 cm³/mol. The van der Waals surface area contributed by atoms with Crippen molar-refractivity contribution in [3.05, 3.63) is 58.1 Å². The summed E-state index contributed by atoms with van der Waals surface area (Å²) in [5.74, 6) is -1.87. The molecule has 0 aromatic heterocycles. The zero-order valence-corrected chi connectivity index (χ0v) is 11.8. The maximum atomic E-state index is 13.7. The van der Waals surface area contributed by atoms with Crippen molar-refractivity contribution in [2.24, 2.45) is 0 Å². The number of hydrogen-bond donors (Lipinski definition) is 2. The van der Waals surface area contributed by atoms with E-state index in [2.05, 4.69) is 21.2 Å². The highest BCUT2D eigenvalue weighted by molar-refractivity contribution is 9.10. The first kappa shape index (κ1) is 13.8. The molecule has 0 heterocycles. The van der Waals surface area contributed by atoms with Gasteiger partial charge in [-0.25, -0.2) is 8.78 Å². The van der Waals surface area contributed by atoms with Gasteiger partial charge in [-0.05, 0) is 36.8 Å². The summed E-state index contributed by atoms with van der Waals surface area (Å²) < 4.78 is 27.8. The summed E-state index contributed by atoms with van der Waals surface area (Å²) in [5, 5.41) is 2.90. The third kappa shape index (κ3) is 3.04. The molecule has 0 fully saturated rings. The molecule has 19 heavy (non-hydrogen) atoms. The Hall–Kier alpha value is -1.62. The van der Waals surface area contributed by atoms with Gasteiger partial charge in [0.05, 0.1) is 11.4 Å². The Labute approximate surface area is 118 Å². The van der Waals surface area contributed by atoms with Crippen LogP contribution in [0.2, 0.25) is 0 Å². The first-order chi connectivity index (χ1) is 8.99. The average Bonchev–Trinajstić information content (AvgIpc) is 2.40. The smallest absolute Gasteiger partial charge is 0.183 e. The fourth-order valence-electron chi connectivity index (χ4n) is 1.76. The quantitative estimate of drug-likeness (QED) is 0.816. The molecule has 0 spiro atoms. The second-order valence-electron chi connectivity index (χ2n) is 4.24. The molecule has 2 nitrogen and oxygen atoms in total. The van der Waals surface area contributed by atoms with Crippen molar-refractivity contribution in [1.29, 1.82) is 0 Å². The first-order valence-electron chi connectivity index (χ1n) is 5.74. The Bertz CT molecular complexity index is 585. The van der Waals surface area contributed by atoms with Crippen LogP contribution < -0.4 is 11.1 Å². The van der Waals surface area contributed by atoms with E-state index in [1.165, 1.54) is 6.07 Å². The van der Waals surface area contributed by atoms with Gasteiger partial charge in [-0.15, -0.1) is 0 Å². The fourth-order valence-corrected chi connectivity index (χ4v) is 2.03. The third-order valence-corrected chi connectivity index (χ3v) is 3.39. The molecule has 0 amide bonds. The van der Waals surface area contributed by atoms with Gasteiger partial charge in [0, 0.05) is 10.5 Å². The molecule has 3 N–H and O–H groups in total. The zero-order chi connectivity index (χ0) is 14.0. The summed E-state index contributed by atoms with van der Waals surface area (Å²) >= 11 is 3.34. The van der Waals surface area contributed by atoms with Crippen molar-refractivity contribution >= 4 is 27.3 Å². The van der Waals surface area contributed by atoms with Gasteiger partial charge in [0.25, 0.3) is 0 Å². The lowest BCUT2D eigenvalue weighted by Crippen LogP contribution is -2.10. The fraction of sp³-hybridized carbons (Fsp3) is 0.143. The van der Waals surface area contributed by atoms with Gasteiger partial charge in [0.15, 0.2) is 11.6 Å². The van der Waals surface area contributed by atoms with Crippen molar-refractivity contribution in [3.63, 3.8) is 0 Å². The molecular formula is C14H13BrF2N2. The number of halogens is 3. The van der Waals surface area contributed by atoms with E-state index in [4.69, 9.17) is 5.73 Å². The topological polar surface area (TPSA) is 38.0 Å². The SMILES string of the molecule is CC(Nc1c(N)ccc(F)c1F)c1ccc(Br)cc1. The molecule has 0 bridgehead atoms. The minimum atomic E-state index is -0.955. The molecule has 0 aliphatic heterocycles. The van der Waals surface area contributed by atoms with E-state index in [-0.39, 0.29) is 17.4 Å². The van der Waals surface area contributed by atoms with Crippen LogP contribution in [-0.2, 0) is 0 Å². The normalized spacial score (nSPS) is 12.2.